The van der Waals surface area contributed by atoms with Crippen LogP contribution in [-0.4, -0.2) is 65.7 Å². The van der Waals surface area contributed by atoms with Crippen molar-refractivity contribution in [2.24, 2.45) is 0 Å². The fourth-order valence-electron chi connectivity index (χ4n) is 3.79. The van der Waals surface area contributed by atoms with Gasteiger partial charge in [-0.2, -0.15) is 4.98 Å². The third-order valence-corrected chi connectivity index (χ3v) is 5.47. The van der Waals surface area contributed by atoms with Gasteiger partial charge in [-0.05, 0) is 22.9 Å². The summed E-state index contributed by atoms with van der Waals surface area (Å²) in [4.78, 5) is 35.9. The number of aromatic amines is 1. The highest BCUT2D eigenvalue weighted by atomic mass is 16.6. The van der Waals surface area contributed by atoms with Crippen molar-refractivity contribution in [3.05, 3.63) is 64.7 Å². The molecule has 2 unspecified atom stereocenters. The zero-order chi connectivity index (χ0) is 22.4. The highest BCUT2D eigenvalue weighted by molar-refractivity contribution is 6.05. The fourth-order valence-corrected chi connectivity index (χ4v) is 3.79. The van der Waals surface area contributed by atoms with Crippen LogP contribution >= 0.6 is 0 Å². The summed E-state index contributed by atoms with van der Waals surface area (Å²) in [6, 6.07) is 12.8. The Morgan fingerprint density at radius 1 is 1.16 bits per heavy atom. The zero-order valence-electron chi connectivity index (χ0n) is 16.5. The number of nitrogens with zero attached hydrogens (tertiary/aromatic N) is 3. The molecule has 11 nitrogen and oxygen atoms in total. The van der Waals surface area contributed by atoms with E-state index in [1.165, 1.54) is 10.9 Å². The Kier molecular flexibility index (Phi) is 4.94. The first kappa shape index (κ1) is 20.3. The second kappa shape index (κ2) is 7.80. The number of nitrogens with one attached hydrogen (secondary N) is 2. The van der Waals surface area contributed by atoms with Gasteiger partial charge in [-0.3, -0.25) is 24.5 Å². The molecule has 0 radical (unpaired) electrons. The Morgan fingerprint density at radius 3 is 2.69 bits per heavy atom. The Hall–Kier alpha value is -3.64. The van der Waals surface area contributed by atoms with Crippen molar-refractivity contribution in [1.82, 2.24) is 19.5 Å². The van der Waals surface area contributed by atoms with Gasteiger partial charge >= 0.3 is 0 Å². The van der Waals surface area contributed by atoms with Gasteiger partial charge in [-0.25, -0.2) is 4.98 Å². The summed E-state index contributed by atoms with van der Waals surface area (Å²) in [5.41, 5.74) is -0.221. The van der Waals surface area contributed by atoms with Crippen LogP contribution in [0.4, 0.5) is 5.95 Å². The number of amides is 1. The summed E-state index contributed by atoms with van der Waals surface area (Å²) in [7, 11) is 0. The Bertz CT molecular complexity index is 1380. The molecule has 1 saturated heterocycles. The Morgan fingerprint density at radius 2 is 1.94 bits per heavy atom. The van der Waals surface area contributed by atoms with Crippen LogP contribution < -0.4 is 10.9 Å². The summed E-state index contributed by atoms with van der Waals surface area (Å²) in [6.45, 7) is -0.498. The molecule has 2 aromatic carbocycles. The maximum Gasteiger partial charge on any atom is 0.280 e. The van der Waals surface area contributed by atoms with Crippen LogP contribution in [0, 0.1) is 0 Å². The van der Waals surface area contributed by atoms with Crippen LogP contribution in [0.1, 0.15) is 16.6 Å². The molecule has 5 rings (SSSR count). The van der Waals surface area contributed by atoms with Crippen molar-refractivity contribution in [2.45, 2.75) is 24.5 Å². The van der Waals surface area contributed by atoms with E-state index in [2.05, 4.69) is 20.3 Å². The standard InChI is InChI=1S/C21H19N5O6/c27-8-13-15(28)16(29)20(32-13)26-9-22-14-17(26)23-21(25-19(14)31)24-18(30)12-6-5-10-3-1-2-4-11(10)7-12/h1-7,9,13,15-16,20,27-29H,8H2,(H2,23,24,25,30,31)/t13-,15?,16?,20-/m1/s1. The summed E-state index contributed by atoms with van der Waals surface area (Å²) in [6.07, 6.45) is -3.58. The van der Waals surface area contributed by atoms with Crippen LogP contribution in [0.15, 0.2) is 53.6 Å². The predicted octanol–water partition coefficient (Wildman–Crippen LogP) is 0.137. The van der Waals surface area contributed by atoms with Crippen molar-refractivity contribution in [3.8, 4) is 0 Å². The topological polar surface area (TPSA) is 163 Å². The number of aliphatic hydroxyl groups is 3. The number of anilines is 1. The molecule has 11 heteroatoms. The molecule has 4 atom stereocenters. The van der Waals surface area contributed by atoms with Crippen LogP contribution in [0.25, 0.3) is 21.9 Å². The van der Waals surface area contributed by atoms with Crippen molar-refractivity contribution < 1.29 is 24.9 Å². The van der Waals surface area contributed by atoms with Gasteiger partial charge in [0.15, 0.2) is 17.4 Å². The van der Waals surface area contributed by atoms with Crippen LogP contribution in [0.3, 0.4) is 0 Å². The highest BCUT2D eigenvalue weighted by Gasteiger charge is 2.44. The van der Waals surface area contributed by atoms with Gasteiger partial charge in [0.05, 0.1) is 12.9 Å². The number of benzene rings is 2. The van der Waals surface area contributed by atoms with E-state index in [0.717, 1.165) is 10.8 Å². The molecule has 0 spiro atoms. The van der Waals surface area contributed by atoms with E-state index in [9.17, 15) is 24.9 Å². The van der Waals surface area contributed by atoms with E-state index >= 15 is 0 Å². The molecule has 1 aliphatic rings. The van der Waals surface area contributed by atoms with Crippen LogP contribution in [0.5, 0.6) is 0 Å². The number of ether oxygens (including phenoxy) is 1. The lowest BCUT2D eigenvalue weighted by Gasteiger charge is -2.16. The van der Waals surface area contributed by atoms with Crippen LogP contribution in [0.2, 0.25) is 0 Å². The molecular formula is C21H19N5O6. The molecule has 1 amide bonds. The van der Waals surface area contributed by atoms with E-state index in [0.29, 0.717) is 5.56 Å². The van der Waals surface area contributed by atoms with E-state index in [1.807, 2.05) is 30.3 Å². The molecule has 2 aromatic heterocycles. The molecular weight excluding hydrogens is 418 g/mol. The molecule has 0 bridgehead atoms. The van der Waals surface area contributed by atoms with Gasteiger partial charge in [-0.1, -0.05) is 30.3 Å². The van der Waals surface area contributed by atoms with E-state index < -0.39 is 42.6 Å². The summed E-state index contributed by atoms with van der Waals surface area (Å²) >= 11 is 0. The Labute approximate surface area is 179 Å². The summed E-state index contributed by atoms with van der Waals surface area (Å²) in [5.74, 6) is -0.591. The molecule has 4 aromatic rings. The van der Waals surface area contributed by atoms with Gasteiger partial charge in [0.2, 0.25) is 5.95 Å². The number of imidazole rings is 1. The number of aliphatic hydroxyl groups excluding tert-OH is 3. The average molecular weight is 437 g/mol. The number of carbonyl (C=O) groups is 1. The minimum Gasteiger partial charge on any atom is -0.394 e. The molecule has 32 heavy (non-hydrogen) atoms. The number of aromatic nitrogens is 4. The lowest BCUT2D eigenvalue weighted by Crippen LogP contribution is -2.33. The van der Waals surface area contributed by atoms with Gasteiger partial charge in [-0.15, -0.1) is 0 Å². The second-order valence-corrected chi connectivity index (χ2v) is 7.48. The first-order chi connectivity index (χ1) is 15.5. The average Bonchev–Trinajstić information content (AvgIpc) is 3.34. The lowest BCUT2D eigenvalue weighted by molar-refractivity contribution is -0.0511. The van der Waals surface area contributed by atoms with Crippen molar-refractivity contribution >= 4 is 33.8 Å². The molecule has 1 aliphatic heterocycles. The fraction of sp³-hybridized carbons (Fsp3) is 0.238. The van der Waals surface area contributed by atoms with Gasteiger partial charge < -0.3 is 20.1 Å². The number of H-pyrrole nitrogens is 1. The molecule has 164 valence electrons. The number of carbonyl (C=O) groups excluding carboxylic acids is 1. The van der Waals surface area contributed by atoms with E-state index in [4.69, 9.17) is 4.74 Å². The van der Waals surface area contributed by atoms with Crippen LogP contribution in [-0.2, 0) is 4.74 Å². The summed E-state index contributed by atoms with van der Waals surface area (Å²) in [5, 5.41) is 34.0. The minimum absolute atomic E-state index is 0.0357. The third-order valence-electron chi connectivity index (χ3n) is 5.47. The minimum atomic E-state index is -1.37. The largest absolute Gasteiger partial charge is 0.394 e. The maximum absolute atomic E-state index is 12.7. The SMILES string of the molecule is O=C(Nc1nc2c(ncn2[C@@H]2O[C@H](CO)C(O)C2O)c(=O)[nH]1)c1ccc2ccccc2c1. The Balaban J connectivity index is 1.48. The normalized spacial score (nSPS) is 23.1. The lowest BCUT2D eigenvalue weighted by atomic mass is 10.1. The van der Waals surface area contributed by atoms with Gasteiger partial charge in [0.1, 0.15) is 18.3 Å². The second-order valence-electron chi connectivity index (χ2n) is 7.48. The smallest absolute Gasteiger partial charge is 0.280 e. The van der Waals surface area contributed by atoms with Crippen molar-refractivity contribution in [2.75, 3.05) is 11.9 Å². The van der Waals surface area contributed by atoms with E-state index in [-0.39, 0.29) is 17.1 Å². The first-order valence-corrected chi connectivity index (χ1v) is 9.85. The molecule has 0 aliphatic carbocycles. The molecule has 3 heterocycles. The number of fused-ring (bicyclic) bond motifs is 2. The van der Waals surface area contributed by atoms with E-state index in [1.54, 1.807) is 12.1 Å². The molecule has 1 fully saturated rings. The third kappa shape index (κ3) is 3.33. The predicted molar refractivity (Wildman–Crippen MR) is 113 cm³/mol. The number of rotatable bonds is 4. The quantitative estimate of drug-likeness (QED) is 0.301. The number of hydrogen-bond acceptors (Lipinski definition) is 8. The molecule has 5 N–H and O–H groups in total. The first-order valence-electron chi connectivity index (χ1n) is 9.85. The maximum atomic E-state index is 12.7. The van der Waals surface area contributed by atoms with Gasteiger partial charge in [0.25, 0.3) is 11.5 Å². The van der Waals surface area contributed by atoms with Gasteiger partial charge in [0, 0.05) is 5.56 Å². The molecule has 0 saturated carbocycles. The van der Waals surface area contributed by atoms with Crippen molar-refractivity contribution in [1.29, 1.82) is 0 Å². The van der Waals surface area contributed by atoms with Crippen molar-refractivity contribution in [3.63, 3.8) is 0 Å². The highest BCUT2D eigenvalue weighted by Crippen LogP contribution is 2.31. The zero-order valence-corrected chi connectivity index (χ0v) is 16.5. The number of hydrogen-bond donors (Lipinski definition) is 5. The summed E-state index contributed by atoms with van der Waals surface area (Å²) < 4.78 is 6.77. The monoisotopic (exact) mass is 437 g/mol.